The SMILES string of the molecule is CCOC(=O)C=C(C)CCC=C(C)CCC=C(C)CCC=C(C)CCC=C(C)C(=O)O. The molecule has 0 aliphatic heterocycles. The molecule has 0 rings (SSSR count). The Balaban J connectivity index is 4.18. The number of allylic oxidation sites excluding steroid dienone is 8. The lowest BCUT2D eigenvalue weighted by Gasteiger charge is -2.03. The molecule has 0 spiro atoms. The first-order valence-corrected chi connectivity index (χ1v) is 11.4. The Bertz CT molecular complexity index is 718. The van der Waals surface area contributed by atoms with Gasteiger partial charge >= 0.3 is 11.9 Å². The van der Waals surface area contributed by atoms with Crippen molar-refractivity contribution in [1.29, 1.82) is 0 Å². The maximum atomic E-state index is 11.4. The lowest BCUT2D eigenvalue weighted by atomic mass is 10.0. The summed E-state index contributed by atoms with van der Waals surface area (Å²) in [5.41, 5.74) is 5.57. The van der Waals surface area contributed by atoms with Crippen LogP contribution in [0.4, 0.5) is 0 Å². The molecule has 0 amide bonds. The summed E-state index contributed by atoms with van der Waals surface area (Å²) >= 11 is 0. The summed E-state index contributed by atoms with van der Waals surface area (Å²) < 4.78 is 4.93. The van der Waals surface area contributed by atoms with Crippen LogP contribution in [0.25, 0.3) is 0 Å². The maximum absolute atomic E-state index is 11.4. The molecule has 1 N–H and O–H groups in total. The summed E-state index contributed by atoms with van der Waals surface area (Å²) in [6, 6.07) is 0. The van der Waals surface area contributed by atoms with E-state index in [2.05, 4.69) is 39.0 Å². The van der Waals surface area contributed by atoms with Crippen molar-refractivity contribution in [3.8, 4) is 0 Å². The molecular weight excluding hydrogens is 388 g/mol. The molecule has 0 fully saturated rings. The van der Waals surface area contributed by atoms with E-state index in [0.29, 0.717) is 12.2 Å². The highest BCUT2D eigenvalue weighted by atomic mass is 16.5. The zero-order chi connectivity index (χ0) is 23.6. The van der Waals surface area contributed by atoms with E-state index in [4.69, 9.17) is 9.84 Å². The predicted octanol–water partition coefficient (Wildman–Crippen LogP) is 7.49. The van der Waals surface area contributed by atoms with Gasteiger partial charge in [0.2, 0.25) is 0 Å². The normalized spacial score (nSPS) is 14.1. The zero-order valence-electron chi connectivity index (χ0n) is 20.4. The predicted molar refractivity (Wildman–Crippen MR) is 130 cm³/mol. The average Bonchev–Trinajstić information content (AvgIpc) is 2.67. The molecule has 0 aromatic heterocycles. The van der Waals surface area contributed by atoms with E-state index in [1.807, 2.05) is 13.8 Å². The van der Waals surface area contributed by atoms with Crippen LogP contribution >= 0.6 is 0 Å². The summed E-state index contributed by atoms with van der Waals surface area (Å²) in [6.07, 6.45) is 17.9. The van der Waals surface area contributed by atoms with Gasteiger partial charge in [0, 0.05) is 11.6 Å². The van der Waals surface area contributed by atoms with Crippen molar-refractivity contribution in [1.82, 2.24) is 0 Å². The van der Waals surface area contributed by atoms with E-state index in [9.17, 15) is 9.59 Å². The quantitative estimate of drug-likeness (QED) is 0.166. The number of carboxylic acid groups (broad SMARTS) is 1. The largest absolute Gasteiger partial charge is 0.478 e. The number of rotatable bonds is 15. The Morgan fingerprint density at radius 3 is 1.45 bits per heavy atom. The number of hydrogen-bond donors (Lipinski definition) is 1. The topological polar surface area (TPSA) is 63.6 Å². The van der Waals surface area contributed by atoms with E-state index < -0.39 is 5.97 Å². The first-order chi connectivity index (χ1) is 14.6. The minimum absolute atomic E-state index is 0.253. The summed E-state index contributed by atoms with van der Waals surface area (Å²) in [5, 5.41) is 8.85. The second-order valence-electron chi connectivity index (χ2n) is 8.24. The Kier molecular flexibility index (Phi) is 16.0. The third-order valence-electron chi connectivity index (χ3n) is 5.07. The van der Waals surface area contributed by atoms with Crippen molar-refractivity contribution in [3.05, 3.63) is 58.2 Å². The molecule has 0 heterocycles. The second-order valence-corrected chi connectivity index (χ2v) is 8.24. The minimum Gasteiger partial charge on any atom is -0.478 e. The van der Waals surface area contributed by atoms with Crippen LogP contribution in [0.5, 0.6) is 0 Å². The molecule has 0 saturated heterocycles. The third kappa shape index (κ3) is 17.1. The molecule has 0 atom stereocenters. The number of aliphatic carboxylic acids is 1. The van der Waals surface area contributed by atoms with Gasteiger partial charge in [-0.3, -0.25) is 0 Å². The fraction of sp³-hybridized carbons (Fsp3) is 0.556. The van der Waals surface area contributed by atoms with Crippen molar-refractivity contribution in [3.63, 3.8) is 0 Å². The van der Waals surface area contributed by atoms with Gasteiger partial charge < -0.3 is 9.84 Å². The van der Waals surface area contributed by atoms with E-state index in [1.54, 1.807) is 19.1 Å². The van der Waals surface area contributed by atoms with Gasteiger partial charge in [0.05, 0.1) is 6.61 Å². The molecule has 31 heavy (non-hydrogen) atoms. The molecule has 0 aliphatic rings. The molecule has 0 aliphatic carbocycles. The van der Waals surface area contributed by atoms with Crippen LogP contribution in [-0.2, 0) is 14.3 Å². The molecule has 0 aromatic carbocycles. The summed E-state index contributed by atoms with van der Waals surface area (Å²) in [7, 11) is 0. The highest BCUT2D eigenvalue weighted by molar-refractivity contribution is 5.85. The molecule has 174 valence electrons. The molecule has 0 bridgehead atoms. The Morgan fingerprint density at radius 1 is 0.677 bits per heavy atom. The molecule has 0 radical (unpaired) electrons. The standard InChI is InChI=1S/C27H42O4/c1-7-31-26(28)20-24(5)18-10-16-22(3)14-8-12-21(2)13-9-15-23(4)17-11-19-25(6)27(29)30/h12,15-16,19-20H,7-11,13-14,17-18H2,1-6H3,(H,29,30). The summed E-state index contributed by atoms with van der Waals surface area (Å²) in [4.78, 5) is 22.2. The number of hydrogen-bond acceptors (Lipinski definition) is 3. The summed E-state index contributed by atoms with van der Waals surface area (Å²) in [5.74, 6) is -1.09. The third-order valence-corrected chi connectivity index (χ3v) is 5.07. The van der Waals surface area contributed by atoms with Crippen molar-refractivity contribution < 1.29 is 19.4 Å². The van der Waals surface area contributed by atoms with Crippen LogP contribution in [-0.4, -0.2) is 23.7 Å². The highest BCUT2D eigenvalue weighted by Crippen LogP contribution is 2.15. The first-order valence-electron chi connectivity index (χ1n) is 11.4. The van der Waals surface area contributed by atoms with Crippen LogP contribution in [0.15, 0.2) is 58.2 Å². The molecule has 4 nitrogen and oxygen atoms in total. The van der Waals surface area contributed by atoms with Gasteiger partial charge in [0.15, 0.2) is 0 Å². The Labute approximate surface area is 189 Å². The van der Waals surface area contributed by atoms with Crippen molar-refractivity contribution in [2.45, 2.75) is 92.9 Å². The fourth-order valence-electron chi connectivity index (χ4n) is 3.01. The van der Waals surface area contributed by atoms with Gasteiger partial charge in [-0.2, -0.15) is 0 Å². The van der Waals surface area contributed by atoms with E-state index in [-0.39, 0.29) is 5.97 Å². The Hall–Kier alpha value is -2.36. The van der Waals surface area contributed by atoms with Gasteiger partial charge in [-0.1, -0.05) is 46.6 Å². The van der Waals surface area contributed by atoms with Crippen LogP contribution in [0.2, 0.25) is 0 Å². The maximum Gasteiger partial charge on any atom is 0.330 e. The number of carbonyl (C=O) groups excluding carboxylic acids is 1. The van der Waals surface area contributed by atoms with Gasteiger partial charge in [-0.05, 0) is 92.9 Å². The first kappa shape index (κ1) is 28.6. The van der Waals surface area contributed by atoms with Gasteiger partial charge in [0.1, 0.15) is 0 Å². The molecule has 0 saturated carbocycles. The monoisotopic (exact) mass is 430 g/mol. The summed E-state index contributed by atoms with van der Waals surface area (Å²) in [6.45, 7) is 12.3. The Morgan fingerprint density at radius 2 is 1.06 bits per heavy atom. The van der Waals surface area contributed by atoms with Gasteiger partial charge in [-0.15, -0.1) is 0 Å². The number of carboxylic acids is 1. The molecular formula is C27H42O4. The number of carbonyl (C=O) groups is 2. The fourth-order valence-corrected chi connectivity index (χ4v) is 3.01. The van der Waals surface area contributed by atoms with Crippen molar-refractivity contribution in [2.75, 3.05) is 6.61 Å². The second kappa shape index (κ2) is 17.3. The highest BCUT2D eigenvalue weighted by Gasteiger charge is 1.99. The van der Waals surface area contributed by atoms with Gasteiger partial charge in [-0.25, -0.2) is 9.59 Å². The average molecular weight is 431 g/mol. The molecule has 0 unspecified atom stereocenters. The van der Waals surface area contributed by atoms with Crippen molar-refractivity contribution >= 4 is 11.9 Å². The minimum atomic E-state index is -0.839. The van der Waals surface area contributed by atoms with E-state index >= 15 is 0 Å². The lowest BCUT2D eigenvalue weighted by Crippen LogP contribution is -2.00. The number of ether oxygens (including phenoxy) is 1. The van der Waals surface area contributed by atoms with Crippen LogP contribution in [0.3, 0.4) is 0 Å². The van der Waals surface area contributed by atoms with Crippen LogP contribution in [0.1, 0.15) is 92.9 Å². The number of esters is 1. The molecule has 4 heteroatoms. The van der Waals surface area contributed by atoms with Crippen molar-refractivity contribution in [2.24, 2.45) is 0 Å². The molecule has 0 aromatic rings. The van der Waals surface area contributed by atoms with E-state index in [1.165, 1.54) is 16.7 Å². The smallest absolute Gasteiger partial charge is 0.330 e. The van der Waals surface area contributed by atoms with Gasteiger partial charge in [0.25, 0.3) is 0 Å². The lowest BCUT2D eigenvalue weighted by molar-refractivity contribution is -0.137. The van der Waals surface area contributed by atoms with Crippen LogP contribution < -0.4 is 0 Å². The van der Waals surface area contributed by atoms with E-state index in [0.717, 1.165) is 56.9 Å². The zero-order valence-corrected chi connectivity index (χ0v) is 20.4. The van der Waals surface area contributed by atoms with Crippen LogP contribution in [0, 0.1) is 0 Å².